The summed E-state index contributed by atoms with van der Waals surface area (Å²) in [6.07, 6.45) is 1.50. The monoisotopic (exact) mass is 323 g/mol. The van der Waals surface area contributed by atoms with E-state index in [1.54, 1.807) is 24.3 Å². The first kappa shape index (κ1) is 15.6. The van der Waals surface area contributed by atoms with Crippen molar-refractivity contribution in [1.82, 2.24) is 4.98 Å². The van der Waals surface area contributed by atoms with Gasteiger partial charge in [0.25, 0.3) is 5.91 Å². The van der Waals surface area contributed by atoms with Crippen molar-refractivity contribution < 1.29 is 4.79 Å². The topological polar surface area (TPSA) is 54.0 Å². The minimum absolute atomic E-state index is 0.306. The van der Waals surface area contributed by atoms with Crippen LogP contribution in [0.1, 0.15) is 22.8 Å². The molecule has 0 unspecified atom stereocenters. The van der Waals surface area contributed by atoms with Gasteiger partial charge in [-0.2, -0.15) is 0 Å². The van der Waals surface area contributed by atoms with E-state index in [2.05, 4.69) is 15.6 Å². The lowest BCUT2D eigenvalue weighted by Crippen LogP contribution is -2.13. The van der Waals surface area contributed by atoms with Crippen LogP contribution in [0.2, 0.25) is 10.0 Å². The van der Waals surface area contributed by atoms with Crippen LogP contribution < -0.4 is 10.6 Å². The lowest BCUT2D eigenvalue weighted by atomic mass is 10.2. The van der Waals surface area contributed by atoms with Gasteiger partial charge in [-0.25, -0.2) is 4.98 Å². The molecular weight excluding hydrogens is 309 g/mol. The highest BCUT2D eigenvalue weighted by atomic mass is 35.5. The molecular formula is C15H15Cl2N3O. The number of nitrogens with zero attached hydrogens (tertiary/aromatic N) is 1. The van der Waals surface area contributed by atoms with Crippen molar-refractivity contribution >= 4 is 40.6 Å². The summed E-state index contributed by atoms with van der Waals surface area (Å²) >= 11 is 12.2. The number of hydrogen-bond acceptors (Lipinski definition) is 3. The first-order valence-corrected chi connectivity index (χ1v) is 7.24. The fourth-order valence-electron chi connectivity index (χ4n) is 1.77. The van der Waals surface area contributed by atoms with Crippen molar-refractivity contribution in [1.29, 1.82) is 0 Å². The number of halogens is 2. The summed E-state index contributed by atoms with van der Waals surface area (Å²) in [7, 11) is 0. The SMILES string of the molecule is CCNc1ccc(C(=O)Nc2c(Cl)ccc(C)c2Cl)cn1. The maximum atomic E-state index is 12.2. The van der Waals surface area contributed by atoms with Gasteiger partial charge in [0.2, 0.25) is 0 Å². The number of rotatable bonds is 4. The molecule has 21 heavy (non-hydrogen) atoms. The highest BCUT2D eigenvalue weighted by Gasteiger charge is 2.13. The molecule has 0 radical (unpaired) electrons. The summed E-state index contributed by atoms with van der Waals surface area (Å²) in [6.45, 7) is 4.60. The van der Waals surface area contributed by atoms with Gasteiger partial charge < -0.3 is 10.6 Å². The normalized spacial score (nSPS) is 10.3. The quantitative estimate of drug-likeness (QED) is 0.877. The number of carbonyl (C=O) groups is 1. The minimum atomic E-state index is -0.306. The second kappa shape index (κ2) is 6.78. The summed E-state index contributed by atoms with van der Waals surface area (Å²) < 4.78 is 0. The number of pyridine rings is 1. The van der Waals surface area contributed by atoms with Crippen LogP contribution in [0, 0.1) is 6.92 Å². The van der Waals surface area contributed by atoms with Gasteiger partial charge in [-0.15, -0.1) is 0 Å². The third kappa shape index (κ3) is 3.65. The number of amides is 1. The van der Waals surface area contributed by atoms with Crippen LogP contribution in [0.5, 0.6) is 0 Å². The Kier molecular flexibility index (Phi) is 5.04. The average Bonchev–Trinajstić information content (AvgIpc) is 2.48. The molecule has 2 aromatic rings. The van der Waals surface area contributed by atoms with Crippen molar-refractivity contribution in [2.45, 2.75) is 13.8 Å². The first-order chi connectivity index (χ1) is 10.0. The Morgan fingerprint density at radius 1 is 1.24 bits per heavy atom. The fraction of sp³-hybridized carbons (Fsp3) is 0.200. The van der Waals surface area contributed by atoms with Crippen LogP contribution >= 0.6 is 23.2 Å². The Balaban J connectivity index is 2.20. The summed E-state index contributed by atoms with van der Waals surface area (Å²) in [5.41, 5.74) is 1.70. The zero-order valence-corrected chi connectivity index (χ0v) is 13.2. The van der Waals surface area contributed by atoms with Crippen molar-refractivity contribution in [3.8, 4) is 0 Å². The Morgan fingerprint density at radius 3 is 2.62 bits per heavy atom. The fourth-order valence-corrected chi connectivity index (χ4v) is 2.24. The lowest BCUT2D eigenvalue weighted by molar-refractivity contribution is 0.102. The molecule has 0 atom stereocenters. The molecule has 0 aliphatic carbocycles. The van der Waals surface area contributed by atoms with Gasteiger partial charge in [-0.05, 0) is 37.6 Å². The van der Waals surface area contributed by atoms with E-state index in [1.165, 1.54) is 6.20 Å². The van der Waals surface area contributed by atoms with Gasteiger partial charge in [-0.1, -0.05) is 29.3 Å². The van der Waals surface area contributed by atoms with Crippen molar-refractivity contribution in [2.75, 3.05) is 17.2 Å². The number of hydrogen-bond donors (Lipinski definition) is 2. The predicted molar refractivity (Wildman–Crippen MR) is 87.6 cm³/mol. The molecule has 0 fully saturated rings. The third-order valence-corrected chi connectivity index (χ3v) is 3.71. The van der Waals surface area contributed by atoms with Gasteiger partial charge in [0, 0.05) is 12.7 Å². The molecule has 0 spiro atoms. The smallest absolute Gasteiger partial charge is 0.257 e. The van der Waals surface area contributed by atoms with Gasteiger partial charge in [0.1, 0.15) is 5.82 Å². The van der Waals surface area contributed by atoms with E-state index < -0.39 is 0 Å². The minimum Gasteiger partial charge on any atom is -0.370 e. The first-order valence-electron chi connectivity index (χ1n) is 6.48. The van der Waals surface area contributed by atoms with Crippen LogP contribution in [0.4, 0.5) is 11.5 Å². The molecule has 0 bridgehead atoms. The van der Waals surface area contributed by atoms with Crippen LogP contribution in [-0.4, -0.2) is 17.4 Å². The molecule has 110 valence electrons. The van der Waals surface area contributed by atoms with Crippen LogP contribution in [0.15, 0.2) is 30.5 Å². The number of benzene rings is 1. The maximum absolute atomic E-state index is 12.2. The van der Waals surface area contributed by atoms with E-state index in [0.717, 1.165) is 17.9 Å². The van der Waals surface area contributed by atoms with E-state index in [0.29, 0.717) is 21.3 Å². The molecule has 1 heterocycles. The highest BCUT2D eigenvalue weighted by Crippen LogP contribution is 2.33. The second-order valence-electron chi connectivity index (χ2n) is 4.47. The molecule has 0 aliphatic heterocycles. The lowest BCUT2D eigenvalue weighted by Gasteiger charge is -2.11. The molecule has 1 aromatic carbocycles. The van der Waals surface area contributed by atoms with Gasteiger partial charge >= 0.3 is 0 Å². The molecule has 0 saturated carbocycles. The van der Waals surface area contributed by atoms with E-state index in [9.17, 15) is 4.79 Å². The largest absolute Gasteiger partial charge is 0.370 e. The van der Waals surface area contributed by atoms with Crippen LogP contribution in [0.3, 0.4) is 0 Å². The van der Waals surface area contributed by atoms with Crippen molar-refractivity contribution in [3.05, 3.63) is 51.6 Å². The number of carbonyl (C=O) groups excluding carboxylic acids is 1. The number of aromatic nitrogens is 1. The second-order valence-corrected chi connectivity index (χ2v) is 5.25. The molecule has 6 heteroatoms. The molecule has 0 aliphatic rings. The van der Waals surface area contributed by atoms with Gasteiger partial charge in [0.15, 0.2) is 0 Å². The maximum Gasteiger partial charge on any atom is 0.257 e. The Morgan fingerprint density at radius 2 is 2.00 bits per heavy atom. The highest BCUT2D eigenvalue weighted by molar-refractivity contribution is 6.40. The van der Waals surface area contributed by atoms with Crippen molar-refractivity contribution in [2.24, 2.45) is 0 Å². The number of anilines is 2. The molecule has 4 nitrogen and oxygen atoms in total. The molecule has 1 aromatic heterocycles. The molecule has 2 N–H and O–H groups in total. The van der Waals surface area contributed by atoms with Gasteiger partial charge in [-0.3, -0.25) is 4.79 Å². The van der Waals surface area contributed by atoms with E-state index in [4.69, 9.17) is 23.2 Å². The predicted octanol–water partition coefficient (Wildman–Crippen LogP) is 4.38. The summed E-state index contributed by atoms with van der Waals surface area (Å²) in [4.78, 5) is 16.4. The Labute approximate surface area is 133 Å². The number of aryl methyl sites for hydroxylation is 1. The summed E-state index contributed by atoms with van der Waals surface area (Å²) in [5.74, 6) is 0.417. The number of nitrogens with one attached hydrogen (secondary N) is 2. The zero-order valence-electron chi connectivity index (χ0n) is 11.7. The Hall–Kier alpha value is -1.78. The van der Waals surface area contributed by atoms with E-state index in [-0.39, 0.29) is 5.91 Å². The molecule has 0 saturated heterocycles. The van der Waals surface area contributed by atoms with Crippen LogP contribution in [0.25, 0.3) is 0 Å². The standard InChI is InChI=1S/C15H15Cl2N3O/c1-3-18-12-7-5-10(8-19-12)15(21)20-14-11(16)6-4-9(2)13(14)17/h4-8H,3H2,1-2H3,(H,18,19)(H,20,21). The summed E-state index contributed by atoms with van der Waals surface area (Å²) in [6, 6.07) is 6.94. The van der Waals surface area contributed by atoms with Gasteiger partial charge in [0.05, 0.1) is 21.3 Å². The molecule has 1 amide bonds. The summed E-state index contributed by atoms with van der Waals surface area (Å²) in [5, 5.41) is 6.63. The third-order valence-electron chi connectivity index (χ3n) is 2.91. The van der Waals surface area contributed by atoms with E-state index >= 15 is 0 Å². The Bertz CT molecular complexity index is 657. The zero-order chi connectivity index (χ0) is 15.4. The van der Waals surface area contributed by atoms with Crippen molar-refractivity contribution in [3.63, 3.8) is 0 Å². The van der Waals surface area contributed by atoms with Crippen LogP contribution in [-0.2, 0) is 0 Å². The average molecular weight is 324 g/mol. The molecule has 2 rings (SSSR count). The van der Waals surface area contributed by atoms with E-state index in [1.807, 2.05) is 13.8 Å².